The van der Waals surface area contributed by atoms with Crippen LogP contribution in [0.25, 0.3) is 0 Å². The maximum Gasteiger partial charge on any atom is 0.120 e. The number of nitrogens with one attached hydrogen (secondary N) is 1. The minimum atomic E-state index is 0.413. The van der Waals surface area contributed by atoms with Crippen molar-refractivity contribution in [1.82, 2.24) is 5.32 Å². The molecule has 1 N–H and O–H groups in total. The summed E-state index contributed by atoms with van der Waals surface area (Å²) in [4.78, 5) is 0. The Kier molecular flexibility index (Phi) is 4.75. The molecule has 21 heavy (non-hydrogen) atoms. The Bertz CT molecular complexity index is 478. The van der Waals surface area contributed by atoms with Gasteiger partial charge < -0.3 is 10.1 Å². The Balaban J connectivity index is 1.82. The molecule has 0 saturated heterocycles. The molecule has 1 aromatic carbocycles. The lowest BCUT2D eigenvalue weighted by atomic mass is 9.99. The summed E-state index contributed by atoms with van der Waals surface area (Å²) < 4.78 is 5.28. The van der Waals surface area contributed by atoms with E-state index < -0.39 is 0 Å². The fourth-order valence-electron chi connectivity index (χ4n) is 4.18. The fraction of sp³-hybridized carbons (Fsp3) is 0.667. The van der Waals surface area contributed by atoms with Crippen molar-refractivity contribution in [2.75, 3.05) is 13.7 Å². The van der Waals surface area contributed by atoms with Gasteiger partial charge in [-0.1, -0.05) is 37.4 Å². The number of hydrogen-bond donors (Lipinski definition) is 1. The lowest BCUT2D eigenvalue weighted by Crippen LogP contribution is -2.25. The molecule has 0 spiro atoms. The van der Waals surface area contributed by atoms with Crippen LogP contribution in [0.1, 0.15) is 50.6 Å². The molecule has 0 amide bonds. The minimum Gasteiger partial charge on any atom is -0.497 e. The lowest BCUT2D eigenvalue weighted by molar-refractivity contribution is 0.413. The molecule has 1 aromatic rings. The number of fused-ring (bicyclic) bond motifs is 1. The normalized spacial score (nSPS) is 28.8. The van der Waals surface area contributed by atoms with Gasteiger partial charge in [-0.05, 0) is 61.3 Å². The highest BCUT2D eigenvalue weighted by molar-refractivity contribution is 6.31. The van der Waals surface area contributed by atoms with Crippen LogP contribution in [0.4, 0.5) is 0 Å². The summed E-state index contributed by atoms with van der Waals surface area (Å²) in [5.41, 5.74) is 1.25. The molecule has 0 aliphatic heterocycles. The quantitative estimate of drug-likeness (QED) is 0.813. The Morgan fingerprint density at radius 2 is 2.00 bits per heavy atom. The molecule has 116 valence electrons. The first-order valence-electron chi connectivity index (χ1n) is 8.33. The van der Waals surface area contributed by atoms with E-state index in [1.165, 1.54) is 31.2 Å². The molecule has 0 heterocycles. The minimum absolute atomic E-state index is 0.413. The van der Waals surface area contributed by atoms with Crippen LogP contribution >= 0.6 is 11.6 Å². The molecule has 2 nitrogen and oxygen atoms in total. The molecule has 3 heteroatoms. The van der Waals surface area contributed by atoms with Gasteiger partial charge in [-0.3, -0.25) is 0 Å². The number of ether oxygens (including phenoxy) is 1. The van der Waals surface area contributed by atoms with Crippen molar-refractivity contribution in [2.45, 2.75) is 45.1 Å². The third kappa shape index (κ3) is 3.07. The number of rotatable bonds is 6. The van der Waals surface area contributed by atoms with Gasteiger partial charge in [0, 0.05) is 11.1 Å². The molecular weight excluding hydrogens is 282 g/mol. The highest BCUT2D eigenvalue weighted by Crippen LogP contribution is 2.60. The van der Waals surface area contributed by atoms with Gasteiger partial charge >= 0.3 is 0 Å². The summed E-state index contributed by atoms with van der Waals surface area (Å²) in [5, 5.41) is 4.60. The fourth-order valence-corrected chi connectivity index (χ4v) is 4.47. The second-order valence-corrected chi connectivity index (χ2v) is 6.92. The third-order valence-corrected chi connectivity index (χ3v) is 5.59. The number of methoxy groups -OCH3 is 1. The lowest BCUT2D eigenvalue weighted by Gasteiger charge is -2.21. The Labute approximate surface area is 133 Å². The standard InChI is InChI=1S/C18H26ClNO/c1-3-10-20-18(17-13-6-4-5-7-14(13)17)15-9-8-12(21-2)11-16(15)19/h8-9,11,13-14,17-18,20H,3-7,10H2,1-2H3. The van der Waals surface area contributed by atoms with E-state index in [1.807, 2.05) is 12.1 Å². The third-order valence-electron chi connectivity index (χ3n) is 5.26. The number of benzene rings is 1. The van der Waals surface area contributed by atoms with Crippen molar-refractivity contribution >= 4 is 11.6 Å². The van der Waals surface area contributed by atoms with Gasteiger partial charge in [0.25, 0.3) is 0 Å². The molecule has 3 unspecified atom stereocenters. The zero-order valence-electron chi connectivity index (χ0n) is 13.1. The molecule has 0 radical (unpaired) electrons. The Hall–Kier alpha value is -0.730. The van der Waals surface area contributed by atoms with E-state index in [-0.39, 0.29) is 0 Å². The van der Waals surface area contributed by atoms with Crippen LogP contribution in [0, 0.1) is 17.8 Å². The van der Waals surface area contributed by atoms with Crippen molar-refractivity contribution in [3.05, 3.63) is 28.8 Å². The first-order valence-corrected chi connectivity index (χ1v) is 8.71. The summed E-state index contributed by atoms with van der Waals surface area (Å²) >= 11 is 6.53. The average Bonchev–Trinajstić information content (AvgIpc) is 3.23. The molecule has 0 aromatic heterocycles. The molecule has 2 aliphatic rings. The molecule has 2 saturated carbocycles. The first kappa shape index (κ1) is 15.2. The largest absolute Gasteiger partial charge is 0.497 e. The van der Waals surface area contributed by atoms with Gasteiger partial charge in [-0.25, -0.2) is 0 Å². The second-order valence-electron chi connectivity index (χ2n) is 6.51. The van der Waals surface area contributed by atoms with E-state index in [1.54, 1.807) is 7.11 Å². The second kappa shape index (κ2) is 6.58. The molecular formula is C18H26ClNO. The number of hydrogen-bond acceptors (Lipinski definition) is 2. The van der Waals surface area contributed by atoms with Crippen LogP contribution in [-0.4, -0.2) is 13.7 Å². The van der Waals surface area contributed by atoms with Crippen LogP contribution in [0.3, 0.4) is 0 Å². The highest BCUT2D eigenvalue weighted by Gasteiger charge is 2.54. The van der Waals surface area contributed by atoms with Crippen molar-refractivity contribution in [3.63, 3.8) is 0 Å². The average molecular weight is 308 g/mol. The zero-order chi connectivity index (χ0) is 14.8. The predicted octanol–water partition coefficient (Wildman–Crippen LogP) is 4.83. The van der Waals surface area contributed by atoms with Crippen LogP contribution in [0.5, 0.6) is 5.75 Å². The van der Waals surface area contributed by atoms with Crippen molar-refractivity contribution in [1.29, 1.82) is 0 Å². The van der Waals surface area contributed by atoms with Gasteiger partial charge in [-0.2, -0.15) is 0 Å². The number of halogens is 1. The molecule has 0 bridgehead atoms. The Morgan fingerprint density at radius 3 is 2.57 bits per heavy atom. The monoisotopic (exact) mass is 307 g/mol. The van der Waals surface area contributed by atoms with Gasteiger partial charge in [0.2, 0.25) is 0 Å². The van der Waals surface area contributed by atoms with Crippen LogP contribution in [-0.2, 0) is 0 Å². The summed E-state index contributed by atoms with van der Waals surface area (Å²) in [7, 11) is 1.69. The topological polar surface area (TPSA) is 21.3 Å². The van der Waals surface area contributed by atoms with Gasteiger partial charge in [0.1, 0.15) is 5.75 Å². The molecule has 2 aliphatic carbocycles. The molecule has 2 fully saturated rings. The summed E-state index contributed by atoms with van der Waals surface area (Å²) in [5.74, 6) is 3.47. The summed E-state index contributed by atoms with van der Waals surface area (Å²) in [6.45, 7) is 3.28. The van der Waals surface area contributed by atoms with Crippen LogP contribution in [0.15, 0.2) is 18.2 Å². The summed E-state index contributed by atoms with van der Waals surface area (Å²) in [6.07, 6.45) is 6.80. The van der Waals surface area contributed by atoms with E-state index in [0.717, 1.165) is 41.5 Å². The van der Waals surface area contributed by atoms with E-state index in [9.17, 15) is 0 Å². The van der Waals surface area contributed by atoms with Crippen LogP contribution in [0.2, 0.25) is 5.02 Å². The SMILES string of the molecule is CCCNC(c1ccc(OC)cc1Cl)C1C2CCCCC21. The Morgan fingerprint density at radius 1 is 1.29 bits per heavy atom. The highest BCUT2D eigenvalue weighted by atomic mass is 35.5. The van der Waals surface area contributed by atoms with E-state index in [4.69, 9.17) is 16.3 Å². The van der Waals surface area contributed by atoms with Gasteiger partial charge in [0.15, 0.2) is 0 Å². The maximum atomic E-state index is 6.53. The maximum absolute atomic E-state index is 6.53. The molecule has 3 atom stereocenters. The van der Waals surface area contributed by atoms with Gasteiger partial charge in [0.05, 0.1) is 7.11 Å². The molecule has 3 rings (SSSR count). The van der Waals surface area contributed by atoms with Crippen molar-refractivity contribution in [3.8, 4) is 5.75 Å². The summed E-state index contributed by atoms with van der Waals surface area (Å²) in [6, 6.07) is 6.55. The predicted molar refractivity (Wildman–Crippen MR) is 88.0 cm³/mol. The van der Waals surface area contributed by atoms with Crippen molar-refractivity contribution < 1.29 is 4.74 Å². The smallest absolute Gasteiger partial charge is 0.120 e. The van der Waals surface area contributed by atoms with Crippen molar-refractivity contribution in [2.24, 2.45) is 17.8 Å². The van der Waals surface area contributed by atoms with Crippen LogP contribution < -0.4 is 10.1 Å². The van der Waals surface area contributed by atoms with E-state index >= 15 is 0 Å². The van der Waals surface area contributed by atoms with E-state index in [0.29, 0.717) is 6.04 Å². The first-order chi connectivity index (χ1) is 10.3. The zero-order valence-corrected chi connectivity index (χ0v) is 13.8. The van der Waals surface area contributed by atoms with Gasteiger partial charge in [-0.15, -0.1) is 0 Å². The van der Waals surface area contributed by atoms with E-state index in [2.05, 4.69) is 18.3 Å².